The Bertz CT molecular complexity index is 349. The van der Waals surface area contributed by atoms with Gasteiger partial charge in [-0.3, -0.25) is 10.1 Å². The second-order valence-electron chi connectivity index (χ2n) is 6.27. The summed E-state index contributed by atoms with van der Waals surface area (Å²) in [7, 11) is 0. The molecule has 7 heteroatoms. The topological polar surface area (TPSA) is 102 Å². The first-order valence-electron chi connectivity index (χ1n) is 6.23. The molecule has 0 aromatic rings. The first-order valence-corrected chi connectivity index (χ1v) is 6.23. The summed E-state index contributed by atoms with van der Waals surface area (Å²) < 4.78 is 10.1. The molecule has 0 unspecified atom stereocenters. The minimum absolute atomic E-state index is 0.552. The zero-order chi connectivity index (χ0) is 16.1. The maximum absolute atomic E-state index is 11.9. The van der Waals surface area contributed by atoms with E-state index < -0.39 is 41.7 Å². The summed E-state index contributed by atoms with van der Waals surface area (Å²) in [4.78, 5) is 34.4. The van der Waals surface area contributed by atoms with E-state index in [0.717, 1.165) is 0 Å². The molecule has 116 valence electrons. The maximum Gasteiger partial charge on any atom is 0.335 e. The summed E-state index contributed by atoms with van der Waals surface area (Å²) in [5, 5.41) is 10.9. The van der Waals surface area contributed by atoms with E-state index in [4.69, 9.17) is 14.6 Å². The molecular formula is C13H23NO6. The van der Waals surface area contributed by atoms with Crippen LogP contribution in [0.3, 0.4) is 0 Å². The van der Waals surface area contributed by atoms with Gasteiger partial charge in [0.2, 0.25) is 6.04 Å². The van der Waals surface area contributed by atoms with E-state index in [2.05, 4.69) is 5.32 Å². The van der Waals surface area contributed by atoms with Gasteiger partial charge in [-0.2, -0.15) is 0 Å². The molecule has 0 aromatic heterocycles. The molecular weight excluding hydrogens is 266 g/mol. The normalized spacial score (nSPS) is 12.2. The molecule has 0 rings (SSSR count). The van der Waals surface area contributed by atoms with Gasteiger partial charge in [0.1, 0.15) is 11.2 Å². The summed E-state index contributed by atoms with van der Waals surface area (Å²) in [6, 6.07) is -1.47. The van der Waals surface area contributed by atoms with Crippen molar-refractivity contribution in [3.8, 4) is 0 Å². The number of carbonyl (C=O) groups is 3. The van der Waals surface area contributed by atoms with Gasteiger partial charge in [0.15, 0.2) is 0 Å². The van der Waals surface area contributed by atoms with Crippen molar-refractivity contribution in [3.05, 3.63) is 0 Å². The van der Waals surface area contributed by atoms with Crippen LogP contribution >= 0.6 is 0 Å². The number of hydrogen-bond donors (Lipinski definition) is 2. The van der Waals surface area contributed by atoms with Crippen molar-refractivity contribution in [1.29, 1.82) is 0 Å². The monoisotopic (exact) mass is 289 g/mol. The van der Waals surface area contributed by atoms with Gasteiger partial charge in [-0.15, -0.1) is 0 Å². The fourth-order valence-corrected chi connectivity index (χ4v) is 1.17. The van der Waals surface area contributed by atoms with Crippen LogP contribution in [0.15, 0.2) is 0 Å². The summed E-state index contributed by atoms with van der Waals surface area (Å²) >= 11 is 0. The number of aliphatic carboxylic acids is 1. The zero-order valence-electron chi connectivity index (χ0n) is 12.8. The molecule has 0 aliphatic carbocycles. The first-order chi connectivity index (χ1) is 8.82. The van der Waals surface area contributed by atoms with Crippen molar-refractivity contribution < 1.29 is 29.0 Å². The predicted octanol–water partition coefficient (Wildman–Crippen LogP) is 0.713. The fraction of sp³-hybridized carbons (Fsp3) is 0.769. The van der Waals surface area contributed by atoms with Gasteiger partial charge < -0.3 is 14.6 Å². The van der Waals surface area contributed by atoms with Crippen LogP contribution in [0.4, 0.5) is 0 Å². The van der Waals surface area contributed by atoms with Crippen molar-refractivity contribution >= 4 is 17.9 Å². The van der Waals surface area contributed by atoms with Crippen molar-refractivity contribution in [2.75, 3.05) is 6.54 Å². The van der Waals surface area contributed by atoms with E-state index in [9.17, 15) is 14.4 Å². The van der Waals surface area contributed by atoms with E-state index in [1.54, 1.807) is 41.5 Å². The third kappa shape index (κ3) is 8.47. The van der Waals surface area contributed by atoms with Crippen LogP contribution in [-0.2, 0) is 23.9 Å². The van der Waals surface area contributed by atoms with E-state index in [1.165, 1.54) is 0 Å². The number of carbonyl (C=O) groups excluding carboxylic acids is 2. The van der Waals surface area contributed by atoms with Gasteiger partial charge in [0.05, 0.1) is 6.54 Å². The van der Waals surface area contributed by atoms with Crippen LogP contribution in [0.1, 0.15) is 41.5 Å². The highest BCUT2D eigenvalue weighted by Gasteiger charge is 2.34. The number of rotatable bonds is 5. The number of esters is 2. The van der Waals surface area contributed by atoms with Crippen LogP contribution in [-0.4, -0.2) is 46.8 Å². The van der Waals surface area contributed by atoms with Gasteiger partial charge in [-0.25, -0.2) is 9.59 Å². The Kier molecular flexibility index (Phi) is 6.15. The summed E-state index contributed by atoms with van der Waals surface area (Å²) in [6.45, 7) is 9.33. The van der Waals surface area contributed by atoms with Crippen LogP contribution in [0.2, 0.25) is 0 Å². The molecule has 0 spiro atoms. The Morgan fingerprint density at radius 3 is 1.55 bits per heavy atom. The Hall–Kier alpha value is -1.63. The third-order valence-electron chi connectivity index (χ3n) is 1.74. The number of carboxylic acids is 1. The Balaban J connectivity index is 4.93. The quantitative estimate of drug-likeness (QED) is 0.567. The minimum atomic E-state index is -1.47. The van der Waals surface area contributed by atoms with Gasteiger partial charge >= 0.3 is 17.9 Å². The summed E-state index contributed by atoms with van der Waals surface area (Å²) in [5.41, 5.74) is -1.58. The van der Waals surface area contributed by atoms with Gasteiger partial charge in [0, 0.05) is 0 Å². The lowest BCUT2D eigenvalue weighted by molar-refractivity contribution is -0.170. The Labute approximate surface area is 118 Å². The highest BCUT2D eigenvalue weighted by atomic mass is 16.6. The van der Waals surface area contributed by atoms with E-state index in [-0.39, 0.29) is 0 Å². The van der Waals surface area contributed by atoms with E-state index >= 15 is 0 Å². The minimum Gasteiger partial charge on any atom is -0.480 e. The van der Waals surface area contributed by atoms with Crippen LogP contribution in [0, 0.1) is 0 Å². The third-order valence-corrected chi connectivity index (χ3v) is 1.74. The molecule has 0 aromatic carbocycles. The molecule has 20 heavy (non-hydrogen) atoms. The van der Waals surface area contributed by atoms with Crippen molar-refractivity contribution in [2.24, 2.45) is 0 Å². The molecule has 0 saturated heterocycles. The average molecular weight is 289 g/mol. The van der Waals surface area contributed by atoms with Gasteiger partial charge in [-0.05, 0) is 41.5 Å². The average Bonchev–Trinajstić information content (AvgIpc) is 2.10. The van der Waals surface area contributed by atoms with Crippen molar-refractivity contribution in [3.63, 3.8) is 0 Å². The smallest absolute Gasteiger partial charge is 0.335 e. The molecule has 0 aliphatic heterocycles. The molecule has 0 amide bonds. The molecule has 2 N–H and O–H groups in total. The number of carboxylic acid groups (broad SMARTS) is 1. The number of hydrogen-bond acceptors (Lipinski definition) is 6. The second kappa shape index (κ2) is 6.69. The molecule has 0 aliphatic rings. The molecule has 0 radical (unpaired) electrons. The SMILES string of the molecule is CC(C)(C)OC(=O)C(NCC(=O)O)C(=O)OC(C)(C)C. The molecule has 0 atom stereocenters. The number of ether oxygens (including phenoxy) is 2. The van der Waals surface area contributed by atoms with E-state index in [1.807, 2.05) is 0 Å². The lowest BCUT2D eigenvalue weighted by atomic mass is 10.1. The molecule has 0 fully saturated rings. The Morgan fingerprint density at radius 1 is 0.950 bits per heavy atom. The largest absolute Gasteiger partial charge is 0.480 e. The second-order valence-corrected chi connectivity index (χ2v) is 6.27. The lowest BCUT2D eigenvalue weighted by Gasteiger charge is -2.26. The highest BCUT2D eigenvalue weighted by molar-refractivity contribution is 5.99. The van der Waals surface area contributed by atoms with Gasteiger partial charge in [-0.1, -0.05) is 0 Å². The molecule has 0 bridgehead atoms. The fourth-order valence-electron chi connectivity index (χ4n) is 1.17. The summed E-state index contributed by atoms with van der Waals surface area (Å²) in [5.74, 6) is -2.93. The number of nitrogens with one attached hydrogen (secondary N) is 1. The van der Waals surface area contributed by atoms with Crippen molar-refractivity contribution in [1.82, 2.24) is 5.32 Å². The molecule has 7 nitrogen and oxygen atoms in total. The summed E-state index contributed by atoms with van der Waals surface area (Å²) in [6.07, 6.45) is 0. The first kappa shape index (κ1) is 18.4. The Morgan fingerprint density at radius 2 is 1.30 bits per heavy atom. The molecule has 0 heterocycles. The highest BCUT2D eigenvalue weighted by Crippen LogP contribution is 2.12. The maximum atomic E-state index is 11.9. The zero-order valence-corrected chi connectivity index (χ0v) is 12.8. The molecule has 0 saturated carbocycles. The predicted molar refractivity (Wildman–Crippen MR) is 71.1 cm³/mol. The van der Waals surface area contributed by atoms with Crippen LogP contribution in [0.5, 0.6) is 0 Å². The van der Waals surface area contributed by atoms with Crippen molar-refractivity contribution in [2.45, 2.75) is 58.8 Å². The van der Waals surface area contributed by atoms with E-state index in [0.29, 0.717) is 0 Å². The van der Waals surface area contributed by atoms with Crippen LogP contribution < -0.4 is 5.32 Å². The van der Waals surface area contributed by atoms with Crippen LogP contribution in [0.25, 0.3) is 0 Å². The standard InChI is InChI=1S/C13H23NO6/c1-12(2,3)19-10(17)9(14-7-8(15)16)11(18)20-13(4,5)6/h9,14H,7H2,1-6H3,(H,15,16). The van der Waals surface area contributed by atoms with Gasteiger partial charge in [0.25, 0.3) is 0 Å². The lowest BCUT2D eigenvalue weighted by Crippen LogP contribution is -2.50.